The topological polar surface area (TPSA) is 85.1 Å². The summed E-state index contributed by atoms with van der Waals surface area (Å²) in [5.74, 6) is 2.59. The quantitative estimate of drug-likeness (QED) is 0.509. The van der Waals surface area contributed by atoms with E-state index in [-0.39, 0.29) is 0 Å². The zero-order valence-corrected chi connectivity index (χ0v) is 14.9. The predicted octanol–water partition coefficient (Wildman–Crippen LogP) is 4.43. The zero-order chi connectivity index (χ0) is 18.2. The van der Waals surface area contributed by atoms with Gasteiger partial charge in [-0.25, -0.2) is 4.98 Å². The Bertz CT molecular complexity index is 827. The number of ether oxygens (including phenoxy) is 1. The lowest BCUT2D eigenvalue weighted by atomic mass is 10.3. The molecular formula is C19H20ClN5O. The lowest BCUT2D eigenvalue weighted by molar-refractivity contribution is 0.483. The van der Waals surface area contributed by atoms with Crippen LogP contribution in [0.4, 0.5) is 17.5 Å². The van der Waals surface area contributed by atoms with Crippen LogP contribution < -0.4 is 21.1 Å². The summed E-state index contributed by atoms with van der Waals surface area (Å²) in [5, 5.41) is 6.78. The van der Waals surface area contributed by atoms with Crippen LogP contribution in [0.15, 0.2) is 60.8 Å². The third kappa shape index (κ3) is 5.08. The molecule has 0 spiro atoms. The summed E-state index contributed by atoms with van der Waals surface area (Å²) in [6, 6.07) is 17.2. The summed E-state index contributed by atoms with van der Waals surface area (Å²) < 4.78 is 5.78. The molecule has 0 aliphatic rings. The van der Waals surface area contributed by atoms with Crippen LogP contribution >= 0.6 is 11.6 Å². The average molecular weight is 370 g/mol. The standard InChI is InChI=1S/C19H20ClN5O/c20-17-13-23-19(25-18(17)22-12-4-11-21)24-14-7-9-16(10-8-14)26-15-5-2-1-3-6-15/h1-3,5-10,13H,4,11-12,21H2,(H2,22,23,24,25). The maximum atomic E-state index is 6.11. The van der Waals surface area contributed by atoms with Gasteiger partial charge in [0.25, 0.3) is 0 Å². The maximum Gasteiger partial charge on any atom is 0.229 e. The van der Waals surface area contributed by atoms with Crippen molar-refractivity contribution in [3.8, 4) is 11.5 Å². The van der Waals surface area contributed by atoms with Crippen LogP contribution in [0, 0.1) is 0 Å². The van der Waals surface area contributed by atoms with Gasteiger partial charge in [0.1, 0.15) is 22.3 Å². The second kappa shape index (κ2) is 9.03. The maximum absolute atomic E-state index is 6.11. The number of nitrogens with zero attached hydrogens (tertiary/aromatic N) is 2. The van der Waals surface area contributed by atoms with Crippen molar-refractivity contribution in [2.75, 3.05) is 23.7 Å². The summed E-state index contributed by atoms with van der Waals surface area (Å²) in [6.45, 7) is 1.32. The molecule has 0 bridgehead atoms. The van der Waals surface area contributed by atoms with Crippen molar-refractivity contribution in [2.24, 2.45) is 5.73 Å². The Morgan fingerprint density at radius 1 is 1.00 bits per heavy atom. The molecule has 0 saturated heterocycles. The zero-order valence-electron chi connectivity index (χ0n) is 14.2. The van der Waals surface area contributed by atoms with Crippen molar-refractivity contribution < 1.29 is 4.74 Å². The van der Waals surface area contributed by atoms with Gasteiger partial charge in [0, 0.05) is 12.2 Å². The Hall–Kier alpha value is -2.83. The number of hydrogen-bond donors (Lipinski definition) is 3. The van der Waals surface area contributed by atoms with Crippen molar-refractivity contribution in [3.63, 3.8) is 0 Å². The molecule has 0 radical (unpaired) electrons. The molecule has 4 N–H and O–H groups in total. The lowest BCUT2D eigenvalue weighted by Gasteiger charge is -2.10. The second-order valence-corrected chi connectivity index (χ2v) is 5.93. The van der Waals surface area contributed by atoms with E-state index >= 15 is 0 Å². The third-order valence-electron chi connectivity index (χ3n) is 3.51. The van der Waals surface area contributed by atoms with Crippen molar-refractivity contribution in [2.45, 2.75) is 6.42 Å². The summed E-state index contributed by atoms with van der Waals surface area (Å²) in [7, 11) is 0. The van der Waals surface area contributed by atoms with Gasteiger partial charge >= 0.3 is 0 Å². The molecular weight excluding hydrogens is 350 g/mol. The molecule has 0 unspecified atom stereocenters. The molecule has 134 valence electrons. The second-order valence-electron chi connectivity index (χ2n) is 5.52. The van der Waals surface area contributed by atoms with Crippen LogP contribution in [0.5, 0.6) is 11.5 Å². The van der Waals surface area contributed by atoms with Gasteiger partial charge in [-0.05, 0) is 49.4 Å². The Kier molecular flexibility index (Phi) is 6.24. The highest BCUT2D eigenvalue weighted by molar-refractivity contribution is 6.32. The molecule has 3 aromatic rings. The van der Waals surface area contributed by atoms with Crippen LogP contribution in [0.25, 0.3) is 0 Å². The summed E-state index contributed by atoms with van der Waals surface area (Å²) >= 11 is 6.11. The molecule has 0 fully saturated rings. The third-order valence-corrected chi connectivity index (χ3v) is 3.78. The van der Waals surface area contributed by atoms with Crippen molar-refractivity contribution in [1.82, 2.24) is 9.97 Å². The van der Waals surface area contributed by atoms with Gasteiger partial charge in [0.05, 0.1) is 6.20 Å². The van der Waals surface area contributed by atoms with Crippen LogP contribution in [0.3, 0.4) is 0 Å². The van der Waals surface area contributed by atoms with Crippen molar-refractivity contribution in [1.29, 1.82) is 0 Å². The van der Waals surface area contributed by atoms with E-state index in [1.54, 1.807) is 6.20 Å². The largest absolute Gasteiger partial charge is 0.457 e. The van der Waals surface area contributed by atoms with E-state index in [2.05, 4.69) is 20.6 Å². The fraction of sp³-hybridized carbons (Fsp3) is 0.158. The molecule has 0 aliphatic heterocycles. The number of rotatable bonds is 8. The van der Waals surface area contributed by atoms with E-state index in [1.165, 1.54) is 0 Å². The highest BCUT2D eigenvalue weighted by atomic mass is 35.5. The molecule has 0 amide bonds. The van der Waals surface area contributed by atoms with Crippen LogP contribution in [-0.2, 0) is 0 Å². The molecule has 1 aromatic heterocycles. The summed E-state index contributed by atoms with van der Waals surface area (Å²) in [4.78, 5) is 8.59. The number of halogens is 1. The van der Waals surface area contributed by atoms with E-state index < -0.39 is 0 Å². The molecule has 0 saturated carbocycles. The summed E-state index contributed by atoms with van der Waals surface area (Å²) in [5.41, 5.74) is 6.34. The number of aromatic nitrogens is 2. The first kappa shape index (κ1) is 18.0. The number of nitrogens with one attached hydrogen (secondary N) is 2. The first-order valence-electron chi connectivity index (χ1n) is 8.31. The molecule has 0 aliphatic carbocycles. The van der Waals surface area contributed by atoms with E-state index in [4.69, 9.17) is 22.1 Å². The minimum absolute atomic E-state index is 0.460. The molecule has 3 rings (SSSR count). The Morgan fingerprint density at radius 3 is 2.46 bits per heavy atom. The molecule has 2 aromatic carbocycles. The first-order chi connectivity index (χ1) is 12.7. The van der Waals surface area contributed by atoms with E-state index in [0.717, 1.165) is 23.6 Å². The highest BCUT2D eigenvalue weighted by Gasteiger charge is 2.06. The van der Waals surface area contributed by atoms with Gasteiger partial charge in [-0.3, -0.25) is 0 Å². The van der Waals surface area contributed by atoms with Crippen molar-refractivity contribution >= 4 is 29.1 Å². The van der Waals surface area contributed by atoms with Gasteiger partial charge in [-0.15, -0.1) is 0 Å². The number of hydrogen-bond acceptors (Lipinski definition) is 6. The van der Waals surface area contributed by atoms with Gasteiger partial charge < -0.3 is 21.1 Å². The molecule has 26 heavy (non-hydrogen) atoms. The van der Waals surface area contributed by atoms with E-state index in [0.29, 0.717) is 29.9 Å². The summed E-state index contributed by atoms with van der Waals surface area (Å²) in [6.07, 6.45) is 2.40. The van der Waals surface area contributed by atoms with Crippen molar-refractivity contribution in [3.05, 3.63) is 65.8 Å². The smallest absolute Gasteiger partial charge is 0.229 e. The number of nitrogens with two attached hydrogens (primary N) is 1. The minimum Gasteiger partial charge on any atom is -0.457 e. The Labute approximate surface area is 157 Å². The molecule has 0 atom stereocenters. The van der Waals surface area contributed by atoms with E-state index in [9.17, 15) is 0 Å². The molecule has 6 nitrogen and oxygen atoms in total. The average Bonchev–Trinajstić information content (AvgIpc) is 2.67. The Balaban J connectivity index is 1.64. The minimum atomic E-state index is 0.460. The van der Waals surface area contributed by atoms with Gasteiger partial charge in [0.2, 0.25) is 5.95 Å². The SMILES string of the molecule is NCCCNc1nc(Nc2ccc(Oc3ccccc3)cc2)ncc1Cl. The number of benzene rings is 2. The van der Waals surface area contributed by atoms with Crippen LogP contribution in [-0.4, -0.2) is 23.1 Å². The normalized spacial score (nSPS) is 10.4. The fourth-order valence-electron chi connectivity index (χ4n) is 2.22. The van der Waals surface area contributed by atoms with Crippen LogP contribution in [0.2, 0.25) is 5.02 Å². The predicted molar refractivity (Wildman–Crippen MR) is 105 cm³/mol. The van der Waals surface area contributed by atoms with Gasteiger partial charge in [0.15, 0.2) is 0 Å². The van der Waals surface area contributed by atoms with Gasteiger partial charge in [-0.1, -0.05) is 29.8 Å². The molecule has 7 heteroatoms. The monoisotopic (exact) mass is 369 g/mol. The number of para-hydroxylation sites is 1. The first-order valence-corrected chi connectivity index (χ1v) is 8.69. The highest BCUT2D eigenvalue weighted by Crippen LogP contribution is 2.25. The lowest BCUT2D eigenvalue weighted by Crippen LogP contribution is -2.10. The fourth-order valence-corrected chi connectivity index (χ4v) is 2.38. The van der Waals surface area contributed by atoms with Crippen LogP contribution in [0.1, 0.15) is 6.42 Å². The van der Waals surface area contributed by atoms with E-state index in [1.807, 2.05) is 54.6 Å². The molecule has 1 heterocycles. The number of anilines is 3. The Morgan fingerprint density at radius 2 is 1.73 bits per heavy atom. The van der Waals surface area contributed by atoms with Gasteiger partial charge in [-0.2, -0.15) is 4.98 Å².